The van der Waals surface area contributed by atoms with Gasteiger partial charge in [0.2, 0.25) is 0 Å². The highest BCUT2D eigenvalue weighted by Crippen LogP contribution is 2.23. The molecule has 0 radical (unpaired) electrons. The number of benzene rings is 2. The number of rotatable bonds is 5. The number of ketones is 1. The van der Waals surface area contributed by atoms with Crippen LogP contribution >= 0.6 is 0 Å². The molecule has 1 amide bonds. The molecule has 5 nitrogen and oxygen atoms in total. The van der Waals surface area contributed by atoms with Crippen LogP contribution in [0.4, 0.5) is 10.5 Å². The van der Waals surface area contributed by atoms with Crippen LogP contribution in [0.2, 0.25) is 0 Å². The second kappa shape index (κ2) is 8.52. The number of carbonyl (C=O) groups excluding carboxylic acids is 2. The fraction of sp³-hybridized carbons (Fsp3) is 0.333. The molecule has 0 saturated carbocycles. The molecular weight excluding hydrogens is 328 g/mol. The fourth-order valence-electron chi connectivity index (χ4n) is 3.19. The van der Waals surface area contributed by atoms with Gasteiger partial charge in [0.1, 0.15) is 0 Å². The molecule has 0 spiro atoms. The van der Waals surface area contributed by atoms with Crippen LogP contribution in [0.1, 0.15) is 35.7 Å². The van der Waals surface area contributed by atoms with E-state index in [4.69, 9.17) is 4.74 Å². The van der Waals surface area contributed by atoms with Crippen LogP contribution < -0.4 is 5.32 Å². The molecule has 1 aliphatic rings. The summed E-state index contributed by atoms with van der Waals surface area (Å²) in [5.41, 5.74) is 2.20. The van der Waals surface area contributed by atoms with Crippen molar-refractivity contribution >= 4 is 17.6 Å². The van der Waals surface area contributed by atoms with Gasteiger partial charge in [-0.05, 0) is 31.9 Å². The van der Waals surface area contributed by atoms with Gasteiger partial charge in [0.05, 0.1) is 6.61 Å². The molecular formula is C21H24N2O3. The number of piperidine rings is 1. The topological polar surface area (TPSA) is 58.6 Å². The molecule has 5 heteroatoms. The molecule has 1 heterocycles. The summed E-state index contributed by atoms with van der Waals surface area (Å²) >= 11 is 0. The molecule has 1 fully saturated rings. The summed E-state index contributed by atoms with van der Waals surface area (Å²) in [5.74, 6) is 0.0117. The number of nitrogens with one attached hydrogen (secondary N) is 1. The first-order valence-corrected chi connectivity index (χ1v) is 9.06. The predicted octanol–water partition coefficient (Wildman–Crippen LogP) is 3.95. The largest absolute Gasteiger partial charge is 0.450 e. The van der Waals surface area contributed by atoms with Crippen LogP contribution in [-0.4, -0.2) is 42.5 Å². The lowest BCUT2D eigenvalue weighted by atomic mass is 9.99. The quantitative estimate of drug-likeness (QED) is 0.828. The Balaban J connectivity index is 1.66. The molecule has 3 rings (SSSR count). The predicted molar refractivity (Wildman–Crippen MR) is 102 cm³/mol. The smallest absolute Gasteiger partial charge is 0.409 e. The Morgan fingerprint density at radius 2 is 1.69 bits per heavy atom. The van der Waals surface area contributed by atoms with Crippen molar-refractivity contribution in [2.75, 3.05) is 25.0 Å². The van der Waals surface area contributed by atoms with Crippen molar-refractivity contribution in [1.29, 1.82) is 0 Å². The number of para-hydroxylation sites is 1. The van der Waals surface area contributed by atoms with Crippen LogP contribution in [0.15, 0.2) is 54.6 Å². The number of nitrogens with zero attached hydrogens (tertiary/aromatic N) is 1. The summed E-state index contributed by atoms with van der Waals surface area (Å²) in [6, 6.07) is 17.1. The van der Waals surface area contributed by atoms with Crippen LogP contribution in [-0.2, 0) is 4.74 Å². The Morgan fingerprint density at radius 1 is 1.04 bits per heavy atom. The molecule has 0 bridgehead atoms. The number of amides is 1. The SMILES string of the molecule is CCOC(=O)N1CCC(Nc2ccccc2C(=O)c2ccccc2)CC1. The Labute approximate surface area is 154 Å². The third kappa shape index (κ3) is 4.23. The normalized spacial score (nSPS) is 14.7. The molecule has 1 saturated heterocycles. The highest BCUT2D eigenvalue weighted by Gasteiger charge is 2.24. The van der Waals surface area contributed by atoms with Gasteiger partial charge >= 0.3 is 6.09 Å². The van der Waals surface area contributed by atoms with Crippen LogP contribution in [0.25, 0.3) is 0 Å². The average molecular weight is 352 g/mol. The molecule has 2 aromatic rings. The maximum atomic E-state index is 12.8. The lowest BCUT2D eigenvalue weighted by Crippen LogP contribution is -2.42. The van der Waals surface area contributed by atoms with E-state index in [1.807, 2.05) is 61.5 Å². The van der Waals surface area contributed by atoms with E-state index in [9.17, 15) is 9.59 Å². The highest BCUT2D eigenvalue weighted by atomic mass is 16.6. The van der Waals surface area contributed by atoms with Crippen molar-refractivity contribution in [1.82, 2.24) is 4.90 Å². The number of anilines is 1. The van der Waals surface area contributed by atoms with Crippen LogP contribution in [0, 0.1) is 0 Å². The van der Waals surface area contributed by atoms with E-state index in [1.54, 1.807) is 4.90 Å². The van der Waals surface area contributed by atoms with Crippen molar-refractivity contribution in [3.05, 3.63) is 65.7 Å². The molecule has 0 aromatic heterocycles. The van der Waals surface area contributed by atoms with Gasteiger partial charge in [-0.1, -0.05) is 42.5 Å². The molecule has 0 aliphatic carbocycles. The first-order valence-electron chi connectivity index (χ1n) is 9.06. The number of carbonyl (C=O) groups is 2. The molecule has 1 aliphatic heterocycles. The summed E-state index contributed by atoms with van der Waals surface area (Å²) in [6.07, 6.45) is 1.41. The highest BCUT2D eigenvalue weighted by molar-refractivity contribution is 6.12. The van der Waals surface area contributed by atoms with Crippen molar-refractivity contribution < 1.29 is 14.3 Å². The van der Waals surface area contributed by atoms with Gasteiger partial charge in [0.15, 0.2) is 5.78 Å². The van der Waals surface area contributed by atoms with E-state index in [0.717, 1.165) is 18.5 Å². The van der Waals surface area contributed by atoms with Crippen molar-refractivity contribution in [3.63, 3.8) is 0 Å². The van der Waals surface area contributed by atoms with Gasteiger partial charge in [0, 0.05) is 35.9 Å². The number of hydrogen-bond donors (Lipinski definition) is 1. The summed E-state index contributed by atoms with van der Waals surface area (Å²) < 4.78 is 5.06. The monoisotopic (exact) mass is 352 g/mol. The number of likely N-dealkylation sites (tertiary alicyclic amines) is 1. The van der Waals surface area contributed by atoms with Crippen molar-refractivity contribution in [2.24, 2.45) is 0 Å². The zero-order chi connectivity index (χ0) is 18.4. The van der Waals surface area contributed by atoms with Gasteiger partial charge in [-0.15, -0.1) is 0 Å². The van der Waals surface area contributed by atoms with Gasteiger partial charge in [-0.2, -0.15) is 0 Å². The summed E-state index contributed by atoms with van der Waals surface area (Å²) in [6.45, 7) is 3.52. The third-order valence-corrected chi connectivity index (χ3v) is 4.59. The van der Waals surface area contributed by atoms with E-state index in [0.29, 0.717) is 30.8 Å². The Hall–Kier alpha value is -2.82. The third-order valence-electron chi connectivity index (χ3n) is 4.59. The lowest BCUT2D eigenvalue weighted by molar-refractivity contribution is 0.0983. The van der Waals surface area contributed by atoms with E-state index in [-0.39, 0.29) is 17.9 Å². The Kier molecular flexibility index (Phi) is 5.89. The van der Waals surface area contributed by atoms with Gasteiger partial charge in [-0.3, -0.25) is 4.79 Å². The first-order chi connectivity index (χ1) is 12.7. The summed E-state index contributed by atoms with van der Waals surface area (Å²) in [7, 11) is 0. The standard InChI is InChI=1S/C21H24N2O3/c1-2-26-21(25)23-14-12-17(13-15-23)22-19-11-7-6-10-18(19)20(24)16-8-4-3-5-9-16/h3-11,17,22H,2,12-15H2,1H3. The maximum Gasteiger partial charge on any atom is 0.409 e. The van der Waals surface area contributed by atoms with Gasteiger partial charge in [0.25, 0.3) is 0 Å². The summed E-state index contributed by atoms with van der Waals surface area (Å²) in [5, 5.41) is 3.49. The number of hydrogen-bond acceptors (Lipinski definition) is 4. The van der Waals surface area contributed by atoms with Gasteiger partial charge in [-0.25, -0.2) is 4.79 Å². The summed E-state index contributed by atoms with van der Waals surface area (Å²) in [4.78, 5) is 26.4. The Bertz CT molecular complexity index is 753. The maximum absolute atomic E-state index is 12.8. The molecule has 136 valence electrons. The van der Waals surface area contributed by atoms with E-state index < -0.39 is 0 Å². The second-order valence-corrected chi connectivity index (χ2v) is 6.35. The molecule has 2 aromatic carbocycles. The average Bonchev–Trinajstić information content (AvgIpc) is 2.69. The van der Waals surface area contributed by atoms with E-state index in [2.05, 4.69) is 5.32 Å². The molecule has 1 N–H and O–H groups in total. The fourth-order valence-corrected chi connectivity index (χ4v) is 3.19. The molecule has 0 unspecified atom stereocenters. The van der Waals surface area contributed by atoms with Crippen molar-refractivity contribution in [2.45, 2.75) is 25.8 Å². The minimum absolute atomic E-state index is 0.0117. The van der Waals surface area contributed by atoms with E-state index >= 15 is 0 Å². The second-order valence-electron chi connectivity index (χ2n) is 6.35. The van der Waals surface area contributed by atoms with E-state index in [1.165, 1.54) is 0 Å². The zero-order valence-electron chi connectivity index (χ0n) is 15.0. The van der Waals surface area contributed by atoms with Crippen molar-refractivity contribution in [3.8, 4) is 0 Å². The van der Waals surface area contributed by atoms with Gasteiger partial charge < -0.3 is 15.0 Å². The van der Waals surface area contributed by atoms with Crippen LogP contribution in [0.3, 0.4) is 0 Å². The zero-order valence-corrected chi connectivity index (χ0v) is 15.0. The molecule has 26 heavy (non-hydrogen) atoms. The first kappa shape index (κ1) is 18.0. The van der Waals surface area contributed by atoms with Crippen LogP contribution in [0.5, 0.6) is 0 Å². The molecule has 0 atom stereocenters. The number of ether oxygens (including phenoxy) is 1. The minimum atomic E-state index is -0.245. The lowest BCUT2D eigenvalue weighted by Gasteiger charge is -2.32. The Morgan fingerprint density at radius 3 is 2.38 bits per heavy atom. The minimum Gasteiger partial charge on any atom is -0.450 e.